The van der Waals surface area contributed by atoms with E-state index >= 15 is 0 Å². The Morgan fingerprint density at radius 1 is 1.04 bits per heavy atom. The van der Waals surface area contributed by atoms with Crippen molar-refractivity contribution in [1.29, 1.82) is 0 Å². The maximum atomic E-state index is 13.0. The Morgan fingerprint density at radius 3 is 2.22 bits per heavy atom. The molecular formula is C21H27NO5. The van der Waals surface area contributed by atoms with Gasteiger partial charge in [-0.15, -0.1) is 0 Å². The number of methoxy groups -OCH3 is 2. The molecule has 2 rings (SSSR count). The molecule has 0 spiro atoms. The molecule has 0 aromatic heterocycles. The third-order valence-electron chi connectivity index (χ3n) is 4.85. The molecule has 0 saturated heterocycles. The fourth-order valence-electron chi connectivity index (χ4n) is 2.98. The number of carbonyl (C=O) groups excluding carboxylic acids is 1. The van der Waals surface area contributed by atoms with Crippen LogP contribution in [0, 0.1) is 0 Å². The van der Waals surface area contributed by atoms with Crippen molar-refractivity contribution in [2.45, 2.75) is 25.0 Å². The molecule has 0 radical (unpaired) electrons. The van der Waals surface area contributed by atoms with Gasteiger partial charge < -0.3 is 24.6 Å². The molecule has 2 aromatic rings. The van der Waals surface area contributed by atoms with Crippen molar-refractivity contribution in [1.82, 2.24) is 4.90 Å². The van der Waals surface area contributed by atoms with Crippen LogP contribution in [0.15, 0.2) is 48.5 Å². The van der Waals surface area contributed by atoms with Crippen molar-refractivity contribution in [2.24, 2.45) is 0 Å². The number of rotatable bonds is 8. The van der Waals surface area contributed by atoms with Gasteiger partial charge in [-0.3, -0.25) is 4.79 Å². The van der Waals surface area contributed by atoms with Gasteiger partial charge in [-0.2, -0.15) is 0 Å². The Balaban J connectivity index is 2.22. The maximum Gasteiger partial charge on any atom is 0.232 e. The third-order valence-corrected chi connectivity index (χ3v) is 4.85. The van der Waals surface area contributed by atoms with E-state index in [1.54, 1.807) is 32.2 Å². The van der Waals surface area contributed by atoms with Crippen LogP contribution < -0.4 is 9.47 Å². The second-order valence-electron chi connectivity index (χ2n) is 6.39. The molecule has 0 aliphatic carbocycles. The monoisotopic (exact) mass is 373 g/mol. The maximum absolute atomic E-state index is 13.0. The molecule has 1 amide bonds. The SMILES string of the molecule is COc1ccc([C@H](CO)C(=O)N(C)[C@@H](C)[C@@H](O)c2ccccc2)cc1OC. The Labute approximate surface area is 160 Å². The molecule has 0 heterocycles. The van der Waals surface area contributed by atoms with Crippen molar-refractivity contribution in [3.05, 3.63) is 59.7 Å². The predicted molar refractivity (Wildman–Crippen MR) is 103 cm³/mol. The van der Waals surface area contributed by atoms with Gasteiger partial charge in [0.2, 0.25) is 5.91 Å². The standard InChI is InChI=1S/C21H27NO5/c1-14(20(24)15-8-6-5-7-9-15)22(2)21(25)17(13-23)16-10-11-18(26-3)19(12-16)27-4/h5-12,14,17,20,23-24H,13H2,1-4H3/t14-,17-,20+/m0/s1. The van der Waals surface area contributed by atoms with Gasteiger partial charge in [-0.25, -0.2) is 0 Å². The van der Waals surface area contributed by atoms with Gasteiger partial charge >= 0.3 is 0 Å². The highest BCUT2D eigenvalue weighted by Gasteiger charge is 2.30. The lowest BCUT2D eigenvalue weighted by Gasteiger charge is -2.32. The molecule has 0 unspecified atom stereocenters. The highest BCUT2D eigenvalue weighted by Crippen LogP contribution is 2.32. The summed E-state index contributed by atoms with van der Waals surface area (Å²) in [4.78, 5) is 14.5. The normalized spacial score (nSPS) is 14.1. The molecule has 27 heavy (non-hydrogen) atoms. The molecule has 0 saturated carbocycles. The molecular weight excluding hydrogens is 346 g/mol. The molecule has 6 nitrogen and oxygen atoms in total. The second kappa shape index (κ2) is 9.39. The number of carbonyl (C=O) groups is 1. The summed E-state index contributed by atoms with van der Waals surface area (Å²) >= 11 is 0. The molecule has 2 N–H and O–H groups in total. The Hall–Kier alpha value is -2.57. The van der Waals surface area contributed by atoms with Crippen molar-refractivity contribution in [2.75, 3.05) is 27.9 Å². The van der Waals surface area contributed by atoms with E-state index in [-0.39, 0.29) is 12.5 Å². The summed E-state index contributed by atoms with van der Waals surface area (Å²) in [5, 5.41) is 20.4. The van der Waals surface area contributed by atoms with Gasteiger partial charge in [-0.05, 0) is 30.2 Å². The minimum absolute atomic E-state index is 0.285. The van der Waals surface area contributed by atoms with Crippen LogP contribution in [-0.4, -0.2) is 54.9 Å². The number of ether oxygens (including phenoxy) is 2. The Kier molecular flexibility index (Phi) is 7.21. The number of aliphatic hydroxyl groups is 2. The summed E-state index contributed by atoms with van der Waals surface area (Å²) in [5.74, 6) is -0.0136. The van der Waals surface area contributed by atoms with E-state index in [0.717, 1.165) is 5.56 Å². The van der Waals surface area contributed by atoms with Crippen LogP contribution >= 0.6 is 0 Å². The first kappa shape index (κ1) is 20.7. The van der Waals surface area contributed by atoms with E-state index in [0.29, 0.717) is 17.1 Å². The van der Waals surface area contributed by atoms with E-state index in [4.69, 9.17) is 9.47 Å². The molecule has 0 aliphatic heterocycles. The highest BCUT2D eigenvalue weighted by molar-refractivity contribution is 5.84. The van der Waals surface area contributed by atoms with Crippen LogP contribution in [0.25, 0.3) is 0 Å². The van der Waals surface area contributed by atoms with Crippen LogP contribution in [0.4, 0.5) is 0 Å². The lowest BCUT2D eigenvalue weighted by atomic mass is 9.96. The summed E-state index contributed by atoms with van der Waals surface area (Å²) in [6.07, 6.45) is -0.829. The Bertz CT molecular complexity index is 749. The quantitative estimate of drug-likeness (QED) is 0.743. The summed E-state index contributed by atoms with van der Waals surface area (Å²) in [7, 11) is 4.68. The first-order valence-electron chi connectivity index (χ1n) is 8.77. The topological polar surface area (TPSA) is 79.2 Å². The van der Waals surface area contributed by atoms with Crippen LogP contribution in [0.1, 0.15) is 30.1 Å². The summed E-state index contributed by atoms with van der Waals surface area (Å²) in [5.41, 5.74) is 1.35. The van der Waals surface area contributed by atoms with E-state index in [1.165, 1.54) is 19.1 Å². The van der Waals surface area contributed by atoms with Crippen molar-refractivity contribution < 1.29 is 24.5 Å². The third kappa shape index (κ3) is 4.59. The fraction of sp³-hybridized carbons (Fsp3) is 0.381. The Morgan fingerprint density at radius 2 is 1.67 bits per heavy atom. The number of nitrogens with zero attached hydrogens (tertiary/aromatic N) is 1. The van der Waals surface area contributed by atoms with Crippen LogP contribution in [0.3, 0.4) is 0 Å². The highest BCUT2D eigenvalue weighted by atomic mass is 16.5. The molecule has 0 fully saturated rings. The second-order valence-corrected chi connectivity index (χ2v) is 6.39. The zero-order chi connectivity index (χ0) is 20.0. The zero-order valence-corrected chi connectivity index (χ0v) is 16.1. The lowest BCUT2D eigenvalue weighted by Crippen LogP contribution is -2.42. The van der Waals surface area contributed by atoms with Gasteiger partial charge in [0.15, 0.2) is 11.5 Å². The first-order chi connectivity index (χ1) is 12.9. The van der Waals surface area contributed by atoms with Gasteiger partial charge in [0.25, 0.3) is 0 Å². The van der Waals surface area contributed by atoms with Gasteiger partial charge in [0, 0.05) is 7.05 Å². The number of benzene rings is 2. The van der Waals surface area contributed by atoms with Crippen molar-refractivity contribution in [3.63, 3.8) is 0 Å². The largest absolute Gasteiger partial charge is 0.493 e. The average Bonchev–Trinajstić information content (AvgIpc) is 2.72. The van der Waals surface area contributed by atoms with Gasteiger partial charge in [0.1, 0.15) is 0 Å². The van der Waals surface area contributed by atoms with Gasteiger partial charge in [-0.1, -0.05) is 36.4 Å². The number of hydrogen-bond acceptors (Lipinski definition) is 5. The molecule has 0 bridgehead atoms. The summed E-state index contributed by atoms with van der Waals surface area (Å²) < 4.78 is 10.5. The van der Waals surface area contributed by atoms with Crippen molar-refractivity contribution in [3.8, 4) is 11.5 Å². The molecule has 146 valence electrons. The molecule has 6 heteroatoms. The number of amides is 1. The number of aliphatic hydroxyl groups excluding tert-OH is 2. The zero-order valence-electron chi connectivity index (χ0n) is 16.1. The molecule has 3 atom stereocenters. The molecule has 2 aromatic carbocycles. The van der Waals surface area contributed by atoms with E-state index < -0.39 is 18.1 Å². The molecule has 0 aliphatic rings. The van der Waals surface area contributed by atoms with E-state index in [2.05, 4.69) is 0 Å². The van der Waals surface area contributed by atoms with Gasteiger partial charge in [0.05, 0.1) is 38.9 Å². The lowest BCUT2D eigenvalue weighted by molar-refractivity contribution is -0.136. The van der Waals surface area contributed by atoms with Crippen molar-refractivity contribution >= 4 is 5.91 Å². The average molecular weight is 373 g/mol. The van der Waals surface area contributed by atoms with Crippen LogP contribution in [0.2, 0.25) is 0 Å². The minimum atomic E-state index is -0.829. The first-order valence-corrected chi connectivity index (χ1v) is 8.77. The van der Waals surface area contributed by atoms with E-state index in [9.17, 15) is 15.0 Å². The number of hydrogen-bond donors (Lipinski definition) is 2. The summed E-state index contributed by atoms with van der Waals surface area (Å²) in [6.45, 7) is 1.42. The smallest absolute Gasteiger partial charge is 0.232 e. The fourth-order valence-corrected chi connectivity index (χ4v) is 2.98. The van der Waals surface area contributed by atoms with E-state index in [1.807, 2.05) is 30.3 Å². The van der Waals surface area contributed by atoms with Crippen LogP contribution in [-0.2, 0) is 4.79 Å². The summed E-state index contributed by atoms with van der Waals surface area (Å²) in [6, 6.07) is 13.8. The van der Waals surface area contributed by atoms with Crippen LogP contribution in [0.5, 0.6) is 11.5 Å². The number of likely N-dealkylation sites (N-methyl/N-ethyl adjacent to an activating group) is 1. The predicted octanol–water partition coefficient (Wildman–Crippen LogP) is 2.36. The minimum Gasteiger partial charge on any atom is -0.493 e.